The summed E-state index contributed by atoms with van der Waals surface area (Å²) in [7, 11) is 0. The molecule has 0 fully saturated rings. The molecule has 0 amide bonds. The van der Waals surface area contributed by atoms with Crippen LogP contribution < -0.4 is 0 Å². The van der Waals surface area contributed by atoms with Crippen molar-refractivity contribution < 1.29 is 19.2 Å². The summed E-state index contributed by atoms with van der Waals surface area (Å²) < 4.78 is 9.52. The predicted molar refractivity (Wildman–Crippen MR) is 166 cm³/mol. The number of carbonyl (C=O) groups is 2. The van der Waals surface area contributed by atoms with Crippen molar-refractivity contribution in [3.8, 4) is 11.1 Å². The fourth-order valence-corrected chi connectivity index (χ4v) is 5.67. The topological polar surface area (TPSA) is 95.8 Å². The number of aryl methyl sites for hydroxylation is 2. The lowest BCUT2D eigenvalue weighted by molar-refractivity contribution is -0.384. The summed E-state index contributed by atoms with van der Waals surface area (Å²) in [5.74, 6) is -0.993. The van der Waals surface area contributed by atoms with Crippen molar-refractivity contribution in [1.82, 2.24) is 8.97 Å². The lowest BCUT2D eigenvalue weighted by Gasteiger charge is -2.12. The van der Waals surface area contributed by atoms with Crippen LogP contribution in [-0.4, -0.2) is 32.3 Å². The Morgan fingerprint density at radius 3 is 2.14 bits per heavy atom. The molecule has 0 aliphatic rings. The Bertz CT molecular complexity index is 2040. The highest BCUT2D eigenvalue weighted by Crippen LogP contribution is 2.40. The van der Waals surface area contributed by atoms with E-state index in [1.54, 1.807) is 13.0 Å². The van der Waals surface area contributed by atoms with Gasteiger partial charge in [0.05, 0.1) is 22.6 Å². The van der Waals surface area contributed by atoms with Crippen LogP contribution >= 0.6 is 0 Å². The molecule has 0 aliphatic heterocycles. The number of hydrogen-bond donors (Lipinski definition) is 0. The average molecular weight is 572 g/mol. The molecule has 8 nitrogen and oxygen atoms in total. The van der Waals surface area contributed by atoms with Crippen LogP contribution in [0.1, 0.15) is 50.0 Å². The number of nitro groups is 1. The van der Waals surface area contributed by atoms with Gasteiger partial charge in [0.1, 0.15) is 16.9 Å². The molecule has 214 valence electrons. The van der Waals surface area contributed by atoms with Gasteiger partial charge in [0, 0.05) is 29.8 Å². The molecule has 0 N–H and O–H groups in total. The summed E-state index contributed by atoms with van der Waals surface area (Å²) in [4.78, 5) is 39.6. The fraction of sp³-hybridized carbons (Fsp3) is 0.143. The van der Waals surface area contributed by atoms with Crippen LogP contribution in [0.4, 0.5) is 5.69 Å². The van der Waals surface area contributed by atoms with E-state index in [-0.39, 0.29) is 29.1 Å². The van der Waals surface area contributed by atoms with Gasteiger partial charge in [-0.05, 0) is 55.2 Å². The molecule has 0 radical (unpaired) electrons. The van der Waals surface area contributed by atoms with Gasteiger partial charge in [0.15, 0.2) is 0 Å². The number of ketones is 1. The van der Waals surface area contributed by atoms with Crippen LogP contribution in [0.25, 0.3) is 27.8 Å². The third-order valence-electron chi connectivity index (χ3n) is 7.78. The van der Waals surface area contributed by atoms with Crippen molar-refractivity contribution in [2.75, 3.05) is 6.61 Å². The number of fused-ring (bicyclic) bond motifs is 3. The second kappa shape index (κ2) is 11.1. The molecule has 2 aromatic heterocycles. The number of nitro benzene ring substituents is 1. The highest BCUT2D eigenvalue weighted by molar-refractivity contribution is 6.19. The Balaban J connectivity index is 1.81. The summed E-state index contributed by atoms with van der Waals surface area (Å²) >= 11 is 0. The summed E-state index contributed by atoms with van der Waals surface area (Å²) in [6.45, 7) is 6.36. The number of esters is 1. The van der Waals surface area contributed by atoms with Crippen LogP contribution in [-0.2, 0) is 11.3 Å². The predicted octanol–water partition coefficient (Wildman–Crippen LogP) is 7.54. The zero-order chi connectivity index (χ0) is 30.2. The second-order valence-corrected chi connectivity index (χ2v) is 10.5. The Hall–Kier alpha value is -5.50. The standard InChI is InChI=1S/C35H29N3O5/c1-4-43-35(40)31-30(25-14-9-6-10-15-25)32(33(39)26-16-11-17-27(20-26)38(41)42)37-29-19-23(3)22(2)18-28(29)36(34(31)37)21-24-12-7-5-8-13-24/h5-20H,4,21H2,1-3H3. The van der Waals surface area contributed by atoms with Crippen molar-refractivity contribution in [2.24, 2.45) is 0 Å². The SMILES string of the molecule is CCOC(=O)c1c(-c2ccccc2)c(C(=O)c2cccc([N+](=O)[O-])c2)n2c3cc(C)c(C)cc3n(Cc3ccccc3)c12. The first kappa shape index (κ1) is 27.7. The van der Waals surface area contributed by atoms with Crippen molar-refractivity contribution in [3.63, 3.8) is 0 Å². The first-order valence-electron chi connectivity index (χ1n) is 14.0. The van der Waals surface area contributed by atoms with Gasteiger partial charge in [0.25, 0.3) is 5.69 Å². The van der Waals surface area contributed by atoms with Crippen molar-refractivity contribution in [3.05, 3.63) is 141 Å². The number of rotatable bonds is 8. The zero-order valence-electron chi connectivity index (χ0n) is 24.0. The van der Waals surface area contributed by atoms with Crippen LogP contribution in [0.3, 0.4) is 0 Å². The van der Waals surface area contributed by atoms with Crippen molar-refractivity contribution in [2.45, 2.75) is 27.3 Å². The number of aromatic nitrogens is 2. The van der Waals surface area contributed by atoms with E-state index in [0.29, 0.717) is 23.3 Å². The van der Waals surface area contributed by atoms with Gasteiger partial charge >= 0.3 is 5.97 Å². The van der Waals surface area contributed by atoms with E-state index in [1.165, 1.54) is 18.2 Å². The summed E-state index contributed by atoms with van der Waals surface area (Å²) in [6, 6.07) is 28.9. The maximum absolute atomic E-state index is 14.6. The number of benzene rings is 4. The molecule has 6 aromatic rings. The third kappa shape index (κ3) is 4.76. The minimum absolute atomic E-state index is 0.147. The Kier molecular flexibility index (Phi) is 7.11. The maximum Gasteiger partial charge on any atom is 0.342 e. The molecular formula is C35H29N3O5. The van der Waals surface area contributed by atoms with E-state index in [4.69, 9.17) is 4.74 Å². The number of ether oxygens (including phenoxy) is 1. The molecule has 0 unspecified atom stereocenters. The van der Waals surface area contributed by atoms with E-state index in [2.05, 4.69) is 10.6 Å². The first-order chi connectivity index (χ1) is 20.8. The zero-order valence-corrected chi connectivity index (χ0v) is 24.0. The van der Waals surface area contributed by atoms with Crippen LogP contribution in [0, 0.1) is 24.0 Å². The number of nitrogens with zero attached hydrogens (tertiary/aromatic N) is 3. The first-order valence-corrected chi connectivity index (χ1v) is 14.0. The molecule has 43 heavy (non-hydrogen) atoms. The molecule has 0 saturated heterocycles. The van der Waals surface area contributed by atoms with E-state index in [9.17, 15) is 19.7 Å². The van der Waals surface area contributed by atoms with E-state index in [0.717, 1.165) is 27.7 Å². The van der Waals surface area contributed by atoms with Gasteiger partial charge in [-0.3, -0.25) is 19.3 Å². The van der Waals surface area contributed by atoms with E-state index in [1.807, 2.05) is 85.0 Å². The van der Waals surface area contributed by atoms with Crippen LogP contribution in [0.15, 0.2) is 97.1 Å². The lowest BCUT2D eigenvalue weighted by Crippen LogP contribution is -2.10. The normalized spacial score (nSPS) is 11.2. The molecule has 8 heteroatoms. The van der Waals surface area contributed by atoms with Crippen molar-refractivity contribution >= 4 is 34.1 Å². The second-order valence-electron chi connectivity index (χ2n) is 10.5. The molecule has 0 atom stereocenters. The lowest BCUT2D eigenvalue weighted by atomic mass is 9.96. The number of non-ortho nitro benzene ring substituents is 1. The summed E-state index contributed by atoms with van der Waals surface area (Å²) in [5, 5.41) is 11.6. The van der Waals surface area contributed by atoms with Gasteiger partial charge in [-0.25, -0.2) is 4.79 Å². The minimum Gasteiger partial charge on any atom is -0.462 e. The van der Waals surface area contributed by atoms with E-state index >= 15 is 0 Å². The molecule has 0 saturated carbocycles. The average Bonchev–Trinajstić information content (AvgIpc) is 3.51. The van der Waals surface area contributed by atoms with Crippen LogP contribution in [0.2, 0.25) is 0 Å². The van der Waals surface area contributed by atoms with Gasteiger partial charge < -0.3 is 9.30 Å². The molecule has 0 aliphatic carbocycles. The third-order valence-corrected chi connectivity index (χ3v) is 7.78. The monoisotopic (exact) mass is 571 g/mol. The van der Waals surface area contributed by atoms with Gasteiger partial charge in [-0.2, -0.15) is 0 Å². The largest absolute Gasteiger partial charge is 0.462 e. The van der Waals surface area contributed by atoms with Gasteiger partial charge in [-0.15, -0.1) is 0 Å². The molecular weight excluding hydrogens is 542 g/mol. The van der Waals surface area contributed by atoms with Gasteiger partial charge in [0.2, 0.25) is 5.78 Å². The van der Waals surface area contributed by atoms with Gasteiger partial charge in [-0.1, -0.05) is 72.8 Å². The molecule has 6 rings (SSSR count). The number of imidazole rings is 1. The van der Waals surface area contributed by atoms with E-state index < -0.39 is 16.7 Å². The molecule has 0 spiro atoms. The smallest absolute Gasteiger partial charge is 0.342 e. The van der Waals surface area contributed by atoms with Crippen LogP contribution in [0.5, 0.6) is 0 Å². The Morgan fingerprint density at radius 1 is 0.837 bits per heavy atom. The summed E-state index contributed by atoms with van der Waals surface area (Å²) in [5.41, 5.74) is 6.77. The summed E-state index contributed by atoms with van der Waals surface area (Å²) in [6.07, 6.45) is 0. The number of hydrogen-bond acceptors (Lipinski definition) is 5. The highest BCUT2D eigenvalue weighted by atomic mass is 16.6. The fourth-order valence-electron chi connectivity index (χ4n) is 5.67. The minimum atomic E-state index is -0.553. The quantitative estimate of drug-likeness (QED) is 0.0814. The molecule has 4 aromatic carbocycles. The maximum atomic E-state index is 14.6. The Labute approximate surface area is 247 Å². The number of carbonyl (C=O) groups excluding carboxylic acids is 2. The Morgan fingerprint density at radius 2 is 1.49 bits per heavy atom. The molecule has 0 bridgehead atoms. The molecule has 2 heterocycles. The van der Waals surface area contributed by atoms with Crippen molar-refractivity contribution in [1.29, 1.82) is 0 Å². The highest BCUT2D eigenvalue weighted by Gasteiger charge is 2.34.